The Morgan fingerprint density at radius 2 is 1.81 bits per heavy atom. The standard InChI is InChI=1S/C19H15N5O2S/c25-18(20-12-17-23-22-16-5-1-2-10-24(16)17)13-6-8-14(9-7-13)21-19(26)15-4-3-11-27-15/h1-11H,12H2,(H,20,25)(H,21,26). The molecule has 7 nitrogen and oxygen atoms in total. The van der Waals surface area contributed by atoms with Crippen LogP contribution in [0.15, 0.2) is 66.2 Å². The summed E-state index contributed by atoms with van der Waals surface area (Å²) < 4.78 is 1.82. The summed E-state index contributed by atoms with van der Waals surface area (Å²) >= 11 is 1.38. The zero-order valence-corrected chi connectivity index (χ0v) is 14.9. The number of carbonyl (C=O) groups excluding carboxylic acids is 2. The Kier molecular flexibility index (Phi) is 4.63. The van der Waals surface area contributed by atoms with Crippen LogP contribution in [-0.2, 0) is 6.54 Å². The van der Waals surface area contributed by atoms with E-state index >= 15 is 0 Å². The van der Waals surface area contributed by atoms with Gasteiger partial charge in [-0.05, 0) is 47.8 Å². The molecule has 0 aliphatic carbocycles. The number of nitrogens with zero attached hydrogens (tertiary/aromatic N) is 3. The summed E-state index contributed by atoms with van der Waals surface area (Å²) in [7, 11) is 0. The Morgan fingerprint density at radius 3 is 2.59 bits per heavy atom. The van der Waals surface area contributed by atoms with Gasteiger partial charge < -0.3 is 10.6 Å². The van der Waals surface area contributed by atoms with E-state index in [2.05, 4.69) is 20.8 Å². The predicted octanol–water partition coefficient (Wildman–Crippen LogP) is 2.97. The van der Waals surface area contributed by atoms with Crippen molar-refractivity contribution in [1.29, 1.82) is 0 Å². The third-order valence-electron chi connectivity index (χ3n) is 3.94. The largest absolute Gasteiger partial charge is 0.345 e. The van der Waals surface area contributed by atoms with Gasteiger partial charge in [0, 0.05) is 17.4 Å². The molecule has 0 fully saturated rings. The minimum Gasteiger partial charge on any atom is -0.345 e. The number of thiophene rings is 1. The topological polar surface area (TPSA) is 88.4 Å². The molecule has 2 N–H and O–H groups in total. The van der Waals surface area contributed by atoms with Gasteiger partial charge in [-0.3, -0.25) is 14.0 Å². The number of hydrogen-bond donors (Lipinski definition) is 2. The first-order chi connectivity index (χ1) is 13.2. The van der Waals surface area contributed by atoms with E-state index in [0.717, 1.165) is 5.65 Å². The lowest BCUT2D eigenvalue weighted by Crippen LogP contribution is -2.24. The van der Waals surface area contributed by atoms with Gasteiger partial charge in [-0.25, -0.2) is 0 Å². The van der Waals surface area contributed by atoms with Crippen molar-refractivity contribution in [3.8, 4) is 0 Å². The maximum absolute atomic E-state index is 12.3. The Bertz CT molecular complexity index is 1090. The fraction of sp³-hybridized carbons (Fsp3) is 0.0526. The first-order valence-corrected chi connectivity index (χ1v) is 9.10. The summed E-state index contributed by atoms with van der Waals surface area (Å²) in [5.41, 5.74) is 1.86. The van der Waals surface area contributed by atoms with E-state index in [0.29, 0.717) is 22.0 Å². The number of pyridine rings is 1. The molecule has 4 rings (SSSR count). The number of rotatable bonds is 5. The molecule has 0 saturated heterocycles. The monoisotopic (exact) mass is 377 g/mol. The Hall–Kier alpha value is -3.52. The highest BCUT2D eigenvalue weighted by Gasteiger charge is 2.10. The molecule has 0 saturated carbocycles. The molecule has 3 heterocycles. The number of benzene rings is 1. The van der Waals surface area contributed by atoms with Gasteiger partial charge in [0.15, 0.2) is 11.5 Å². The van der Waals surface area contributed by atoms with Gasteiger partial charge in [0.1, 0.15) is 0 Å². The number of anilines is 1. The maximum atomic E-state index is 12.3. The second-order valence-electron chi connectivity index (χ2n) is 5.74. The van der Waals surface area contributed by atoms with Crippen molar-refractivity contribution in [2.75, 3.05) is 5.32 Å². The van der Waals surface area contributed by atoms with Crippen LogP contribution in [0, 0.1) is 0 Å². The Morgan fingerprint density at radius 1 is 0.963 bits per heavy atom. The van der Waals surface area contributed by atoms with Gasteiger partial charge in [0.05, 0.1) is 11.4 Å². The van der Waals surface area contributed by atoms with Crippen LogP contribution in [0.5, 0.6) is 0 Å². The summed E-state index contributed by atoms with van der Waals surface area (Å²) in [5.74, 6) is 0.262. The molecular formula is C19H15N5O2S. The highest BCUT2D eigenvalue weighted by atomic mass is 32.1. The predicted molar refractivity (Wildman–Crippen MR) is 103 cm³/mol. The van der Waals surface area contributed by atoms with Crippen molar-refractivity contribution in [3.05, 3.63) is 82.4 Å². The summed E-state index contributed by atoms with van der Waals surface area (Å²) in [6.45, 7) is 0.265. The highest BCUT2D eigenvalue weighted by molar-refractivity contribution is 7.12. The van der Waals surface area contributed by atoms with E-state index in [1.807, 2.05) is 40.2 Å². The van der Waals surface area contributed by atoms with Crippen molar-refractivity contribution in [3.63, 3.8) is 0 Å². The van der Waals surface area contributed by atoms with Crippen LogP contribution in [0.4, 0.5) is 5.69 Å². The van der Waals surface area contributed by atoms with Gasteiger partial charge in [-0.2, -0.15) is 0 Å². The van der Waals surface area contributed by atoms with Gasteiger partial charge >= 0.3 is 0 Å². The summed E-state index contributed by atoms with van der Waals surface area (Å²) in [6.07, 6.45) is 1.85. The zero-order chi connectivity index (χ0) is 18.6. The molecule has 2 amide bonds. The van der Waals surface area contributed by atoms with Crippen molar-refractivity contribution >= 4 is 34.5 Å². The molecule has 0 aliphatic rings. The lowest BCUT2D eigenvalue weighted by molar-refractivity contribution is 0.0949. The molecular weight excluding hydrogens is 362 g/mol. The van der Waals surface area contributed by atoms with Crippen LogP contribution < -0.4 is 10.6 Å². The Labute approximate surface area is 158 Å². The average Bonchev–Trinajstić information content (AvgIpc) is 3.37. The van der Waals surface area contributed by atoms with Gasteiger partial charge in [0.2, 0.25) is 0 Å². The molecule has 134 valence electrons. The summed E-state index contributed by atoms with van der Waals surface area (Å²) in [5, 5.41) is 15.6. The minimum atomic E-state index is -0.223. The van der Waals surface area contributed by atoms with Gasteiger partial charge in [-0.15, -0.1) is 21.5 Å². The normalized spacial score (nSPS) is 10.7. The molecule has 27 heavy (non-hydrogen) atoms. The van der Waals surface area contributed by atoms with E-state index in [1.54, 1.807) is 30.3 Å². The van der Waals surface area contributed by atoms with Crippen LogP contribution in [0.25, 0.3) is 5.65 Å². The number of amides is 2. The quantitative estimate of drug-likeness (QED) is 0.560. The molecule has 0 spiro atoms. The second kappa shape index (κ2) is 7.38. The van der Waals surface area contributed by atoms with Crippen LogP contribution in [-0.4, -0.2) is 26.4 Å². The third kappa shape index (κ3) is 3.70. The molecule has 8 heteroatoms. The van der Waals surface area contributed by atoms with E-state index in [9.17, 15) is 9.59 Å². The maximum Gasteiger partial charge on any atom is 0.265 e. The SMILES string of the molecule is O=C(NCc1nnc2ccccn12)c1ccc(NC(=O)c2cccs2)cc1. The first kappa shape index (κ1) is 16.9. The molecule has 1 aromatic carbocycles. The number of fused-ring (bicyclic) bond motifs is 1. The summed E-state index contributed by atoms with van der Waals surface area (Å²) in [6, 6.07) is 15.9. The van der Waals surface area contributed by atoms with Gasteiger partial charge in [-0.1, -0.05) is 12.1 Å². The lowest BCUT2D eigenvalue weighted by Gasteiger charge is -2.07. The van der Waals surface area contributed by atoms with E-state index in [-0.39, 0.29) is 18.4 Å². The van der Waals surface area contributed by atoms with Crippen molar-refractivity contribution < 1.29 is 9.59 Å². The highest BCUT2D eigenvalue weighted by Crippen LogP contribution is 2.14. The number of nitrogens with one attached hydrogen (secondary N) is 2. The lowest BCUT2D eigenvalue weighted by atomic mass is 10.2. The fourth-order valence-corrected chi connectivity index (χ4v) is 3.20. The third-order valence-corrected chi connectivity index (χ3v) is 4.81. The van der Waals surface area contributed by atoms with Gasteiger partial charge in [0.25, 0.3) is 11.8 Å². The molecule has 0 radical (unpaired) electrons. The molecule has 3 aromatic heterocycles. The van der Waals surface area contributed by atoms with Crippen molar-refractivity contribution in [2.45, 2.75) is 6.54 Å². The molecule has 0 aliphatic heterocycles. The summed E-state index contributed by atoms with van der Waals surface area (Å²) in [4.78, 5) is 25.0. The molecule has 0 atom stereocenters. The second-order valence-corrected chi connectivity index (χ2v) is 6.68. The van der Waals surface area contributed by atoms with Crippen molar-refractivity contribution in [1.82, 2.24) is 19.9 Å². The number of hydrogen-bond acceptors (Lipinski definition) is 5. The smallest absolute Gasteiger partial charge is 0.265 e. The van der Waals surface area contributed by atoms with Crippen LogP contribution in [0.2, 0.25) is 0 Å². The van der Waals surface area contributed by atoms with E-state index in [1.165, 1.54) is 11.3 Å². The zero-order valence-electron chi connectivity index (χ0n) is 14.1. The minimum absolute atomic E-state index is 0.166. The Balaban J connectivity index is 1.38. The van der Waals surface area contributed by atoms with E-state index < -0.39 is 0 Å². The van der Waals surface area contributed by atoms with Crippen LogP contribution >= 0.6 is 11.3 Å². The van der Waals surface area contributed by atoms with E-state index in [4.69, 9.17) is 0 Å². The van der Waals surface area contributed by atoms with Crippen LogP contribution in [0.1, 0.15) is 25.9 Å². The first-order valence-electron chi connectivity index (χ1n) is 8.22. The number of carbonyl (C=O) groups is 2. The molecule has 0 bridgehead atoms. The number of aromatic nitrogens is 3. The molecule has 0 unspecified atom stereocenters. The average molecular weight is 377 g/mol. The molecule has 4 aromatic rings. The van der Waals surface area contributed by atoms with Crippen molar-refractivity contribution in [2.24, 2.45) is 0 Å². The fourth-order valence-electron chi connectivity index (χ4n) is 2.58. The van der Waals surface area contributed by atoms with Crippen LogP contribution in [0.3, 0.4) is 0 Å².